The Hall–Kier alpha value is -2.01. The topological polar surface area (TPSA) is 56.9 Å². The molecule has 2 unspecified atom stereocenters. The van der Waals surface area contributed by atoms with Gasteiger partial charge in [0.05, 0.1) is 24.2 Å². The maximum Gasteiger partial charge on any atom is 0.246 e. The van der Waals surface area contributed by atoms with Crippen LogP contribution in [0.5, 0.6) is 0 Å². The molecule has 1 amide bonds. The lowest BCUT2D eigenvalue weighted by molar-refractivity contribution is -0.133. The van der Waals surface area contributed by atoms with Crippen LogP contribution in [0.3, 0.4) is 0 Å². The smallest absolute Gasteiger partial charge is 0.246 e. The maximum absolute atomic E-state index is 12.5. The number of hydrogen-bond acceptors (Lipinski definition) is 4. The summed E-state index contributed by atoms with van der Waals surface area (Å²) < 4.78 is 5.02. The summed E-state index contributed by atoms with van der Waals surface area (Å²) in [6, 6.07) is 2.12. The van der Waals surface area contributed by atoms with Crippen molar-refractivity contribution in [1.82, 2.24) is 9.80 Å². The van der Waals surface area contributed by atoms with Gasteiger partial charge in [0.1, 0.15) is 0 Å². The summed E-state index contributed by atoms with van der Waals surface area (Å²) in [7, 11) is 1.87. The van der Waals surface area contributed by atoms with Crippen LogP contribution < -0.4 is 0 Å². The van der Waals surface area contributed by atoms with Gasteiger partial charge in [-0.3, -0.25) is 4.79 Å². The van der Waals surface area contributed by atoms with Gasteiger partial charge in [0.25, 0.3) is 0 Å². The summed E-state index contributed by atoms with van der Waals surface area (Å²) >= 11 is 0. The molecule has 2 aliphatic carbocycles. The molecule has 4 rings (SSSR count). The standard InChI is InChI=1S/C22H30N2O3/c1-16-22(26)10-7-20(13-19(22)8-11-24(16)14-17-3-4-17)23(2)21(25)6-5-18-9-12-27-15-18/h5-6,8-9,11-12,15-17,19-20,26H,3-4,7,10,13-14H2,1-2H3/b6-5+/t16-,19?,20-,22?/m1/s1. The molecule has 146 valence electrons. The molecule has 5 heteroatoms. The fourth-order valence-corrected chi connectivity index (χ4v) is 4.60. The number of rotatable bonds is 5. The summed E-state index contributed by atoms with van der Waals surface area (Å²) in [4.78, 5) is 16.7. The minimum Gasteiger partial charge on any atom is -0.472 e. The molecular formula is C22H30N2O3. The van der Waals surface area contributed by atoms with Crippen molar-refractivity contribution in [2.75, 3.05) is 13.6 Å². The van der Waals surface area contributed by atoms with Gasteiger partial charge in [-0.05, 0) is 63.3 Å². The SMILES string of the molecule is C[C@H]1N(CC2CC2)C=CC2C[C@H](N(C)C(=O)/C=C/c3ccoc3)CCC21O. The fourth-order valence-electron chi connectivity index (χ4n) is 4.60. The summed E-state index contributed by atoms with van der Waals surface area (Å²) in [5.41, 5.74) is 0.200. The van der Waals surface area contributed by atoms with Gasteiger partial charge in [-0.1, -0.05) is 6.08 Å². The molecule has 1 aromatic rings. The highest BCUT2D eigenvalue weighted by Gasteiger charge is 2.49. The van der Waals surface area contributed by atoms with E-state index < -0.39 is 5.60 Å². The van der Waals surface area contributed by atoms with Crippen molar-refractivity contribution >= 4 is 12.0 Å². The largest absolute Gasteiger partial charge is 0.472 e. The molecular weight excluding hydrogens is 340 g/mol. The van der Waals surface area contributed by atoms with Crippen molar-refractivity contribution in [2.24, 2.45) is 11.8 Å². The van der Waals surface area contributed by atoms with Crippen molar-refractivity contribution in [2.45, 2.75) is 56.7 Å². The summed E-state index contributed by atoms with van der Waals surface area (Å²) in [6.45, 7) is 3.22. The first-order valence-electron chi connectivity index (χ1n) is 10.1. The van der Waals surface area contributed by atoms with E-state index in [-0.39, 0.29) is 23.9 Å². The van der Waals surface area contributed by atoms with Crippen LogP contribution in [0, 0.1) is 11.8 Å². The van der Waals surface area contributed by atoms with Crippen LogP contribution in [-0.2, 0) is 4.79 Å². The van der Waals surface area contributed by atoms with Crippen LogP contribution in [-0.4, -0.2) is 52.1 Å². The second-order valence-corrected chi connectivity index (χ2v) is 8.52. The molecule has 0 saturated heterocycles. The first-order valence-corrected chi connectivity index (χ1v) is 10.1. The Morgan fingerprint density at radius 2 is 2.26 bits per heavy atom. The van der Waals surface area contributed by atoms with Crippen LogP contribution in [0.15, 0.2) is 41.4 Å². The number of fused-ring (bicyclic) bond motifs is 1. The minimum atomic E-state index is -0.684. The molecule has 2 saturated carbocycles. The van der Waals surface area contributed by atoms with Crippen molar-refractivity contribution in [3.8, 4) is 0 Å². The molecule has 3 aliphatic rings. The third kappa shape index (κ3) is 3.70. The molecule has 1 N–H and O–H groups in total. The number of carbonyl (C=O) groups is 1. The number of carbonyl (C=O) groups excluding carboxylic acids is 1. The molecule has 1 aliphatic heterocycles. The molecule has 5 nitrogen and oxygen atoms in total. The minimum absolute atomic E-state index is 0.00478. The Balaban J connectivity index is 1.40. The van der Waals surface area contributed by atoms with Gasteiger partial charge in [-0.15, -0.1) is 0 Å². The first kappa shape index (κ1) is 18.4. The second kappa shape index (κ2) is 7.19. The van der Waals surface area contributed by atoms with Gasteiger partial charge < -0.3 is 19.3 Å². The molecule has 4 atom stereocenters. The molecule has 0 bridgehead atoms. The Kier molecular flexibility index (Phi) is 4.89. The van der Waals surface area contributed by atoms with Crippen molar-refractivity contribution in [3.63, 3.8) is 0 Å². The van der Waals surface area contributed by atoms with Gasteiger partial charge in [-0.25, -0.2) is 0 Å². The number of amides is 1. The number of furan rings is 1. The zero-order chi connectivity index (χ0) is 19.0. The average molecular weight is 370 g/mol. The zero-order valence-electron chi connectivity index (χ0n) is 16.3. The lowest BCUT2D eigenvalue weighted by Crippen LogP contribution is -2.60. The predicted molar refractivity (Wildman–Crippen MR) is 105 cm³/mol. The maximum atomic E-state index is 12.5. The zero-order valence-corrected chi connectivity index (χ0v) is 16.3. The van der Waals surface area contributed by atoms with Gasteiger partial charge in [-0.2, -0.15) is 0 Å². The summed E-state index contributed by atoms with van der Waals surface area (Å²) in [6.07, 6.45) is 16.0. The highest BCUT2D eigenvalue weighted by Crippen LogP contribution is 2.44. The van der Waals surface area contributed by atoms with Crippen molar-refractivity contribution in [1.29, 1.82) is 0 Å². The third-order valence-corrected chi connectivity index (χ3v) is 6.80. The number of likely N-dealkylation sites (N-methyl/N-ethyl adjacent to an activating group) is 1. The van der Waals surface area contributed by atoms with E-state index in [1.54, 1.807) is 24.7 Å². The fraction of sp³-hybridized carbons (Fsp3) is 0.591. The molecule has 0 aromatic carbocycles. The molecule has 1 aromatic heterocycles. The second-order valence-electron chi connectivity index (χ2n) is 8.52. The van der Waals surface area contributed by atoms with E-state index in [0.717, 1.165) is 37.3 Å². The van der Waals surface area contributed by atoms with Crippen LogP contribution in [0.4, 0.5) is 0 Å². The van der Waals surface area contributed by atoms with Crippen LogP contribution in [0.25, 0.3) is 6.08 Å². The molecule has 2 heterocycles. The Morgan fingerprint density at radius 1 is 1.44 bits per heavy atom. The Morgan fingerprint density at radius 3 is 2.96 bits per heavy atom. The van der Waals surface area contributed by atoms with E-state index in [0.29, 0.717) is 0 Å². The van der Waals surface area contributed by atoms with Crippen molar-refractivity contribution < 1.29 is 14.3 Å². The lowest BCUT2D eigenvalue weighted by Gasteiger charge is -2.52. The van der Waals surface area contributed by atoms with Gasteiger partial charge in [0, 0.05) is 37.2 Å². The number of aliphatic hydroxyl groups is 1. The van der Waals surface area contributed by atoms with E-state index in [1.165, 1.54) is 12.8 Å². The summed E-state index contributed by atoms with van der Waals surface area (Å²) in [5.74, 6) is 0.906. The average Bonchev–Trinajstić information content (AvgIpc) is 3.33. The Labute approximate surface area is 161 Å². The molecule has 27 heavy (non-hydrogen) atoms. The van der Waals surface area contributed by atoms with E-state index in [2.05, 4.69) is 24.1 Å². The van der Waals surface area contributed by atoms with Gasteiger partial charge in [0.15, 0.2) is 0 Å². The monoisotopic (exact) mass is 370 g/mol. The van der Waals surface area contributed by atoms with Gasteiger partial charge in [0.2, 0.25) is 5.91 Å². The highest BCUT2D eigenvalue weighted by atomic mass is 16.3. The molecule has 0 radical (unpaired) electrons. The lowest BCUT2D eigenvalue weighted by atomic mass is 9.68. The quantitative estimate of drug-likeness (QED) is 0.808. The van der Waals surface area contributed by atoms with Crippen molar-refractivity contribution in [3.05, 3.63) is 42.5 Å². The first-order chi connectivity index (χ1) is 13.0. The number of nitrogens with zero attached hydrogens (tertiary/aromatic N) is 2. The van der Waals surface area contributed by atoms with E-state index in [1.807, 2.05) is 18.0 Å². The Bertz CT molecular complexity index is 722. The predicted octanol–water partition coefficient (Wildman–Crippen LogP) is 3.28. The van der Waals surface area contributed by atoms with E-state index in [9.17, 15) is 9.90 Å². The van der Waals surface area contributed by atoms with E-state index in [4.69, 9.17) is 4.42 Å². The third-order valence-electron chi connectivity index (χ3n) is 6.80. The highest BCUT2D eigenvalue weighted by molar-refractivity contribution is 5.91. The van der Waals surface area contributed by atoms with Crippen LogP contribution in [0.1, 0.15) is 44.6 Å². The van der Waals surface area contributed by atoms with E-state index >= 15 is 0 Å². The van der Waals surface area contributed by atoms with Crippen LogP contribution >= 0.6 is 0 Å². The number of hydrogen-bond donors (Lipinski definition) is 1. The van der Waals surface area contributed by atoms with Crippen LogP contribution in [0.2, 0.25) is 0 Å². The summed E-state index contributed by atoms with van der Waals surface area (Å²) in [5, 5.41) is 11.4. The molecule has 0 spiro atoms. The molecule has 2 fully saturated rings. The van der Waals surface area contributed by atoms with Gasteiger partial charge >= 0.3 is 0 Å². The normalized spacial score (nSPS) is 33.3.